The Balaban J connectivity index is 1.31. The van der Waals surface area contributed by atoms with Crippen molar-refractivity contribution in [1.29, 1.82) is 0 Å². The van der Waals surface area contributed by atoms with Crippen molar-refractivity contribution in [2.45, 2.75) is 128 Å². The molecular formula is C26H43NO2. The molecule has 0 aliphatic heterocycles. The number of carbonyl (C=O) groups is 1. The van der Waals surface area contributed by atoms with Crippen molar-refractivity contribution < 1.29 is 9.63 Å². The Hall–Kier alpha value is -0.860. The maximum atomic E-state index is 13.1. The van der Waals surface area contributed by atoms with Crippen molar-refractivity contribution in [1.82, 2.24) is 0 Å². The zero-order valence-corrected chi connectivity index (χ0v) is 18.6. The first-order chi connectivity index (χ1) is 14.2. The van der Waals surface area contributed by atoms with Gasteiger partial charge in [-0.25, -0.2) is 4.79 Å². The molecule has 5 aliphatic rings. The maximum absolute atomic E-state index is 13.1. The van der Waals surface area contributed by atoms with Crippen LogP contribution in [0.25, 0.3) is 0 Å². The molecule has 0 aromatic carbocycles. The number of hydrogen-bond donors (Lipinski definition) is 0. The molecule has 0 aromatic heterocycles. The first-order valence-electron chi connectivity index (χ1n) is 13.0. The molecule has 0 N–H and O–H groups in total. The second-order valence-electron chi connectivity index (χ2n) is 11.0. The molecule has 0 spiro atoms. The molecule has 5 fully saturated rings. The van der Waals surface area contributed by atoms with Crippen molar-refractivity contribution >= 4 is 11.7 Å². The van der Waals surface area contributed by atoms with Gasteiger partial charge in [0.05, 0.1) is 11.1 Å². The third kappa shape index (κ3) is 5.85. The zero-order chi connectivity index (χ0) is 19.9. The lowest BCUT2D eigenvalue weighted by Gasteiger charge is -2.54. The van der Waals surface area contributed by atoms with Crippen LogP contribution in [0.3, 0.4) is 0 Å². The largest absolute Gasteiger partial charge is 0.341 e. The van der Waals surface area contributed by atoms with E-state index < -0.39 is 0 Å². The van der Waals surface area contributed by atoms with Crippen LogP contribution in [0.1, 0.15) is 128 Å². The summed E-state index contributed by atoms with van der Waals surface area (Å²) in [5.74, 6) is 2.35. The molecule has 3 heteroatoms. The highest BCUT2D eigenvalue weighted by Gasteiger charge is 2.55. The lowest BCUT2D eigenvalue weighted by atomic mass is 9.49. The number of rotatable bonds is 2. The van der Waals surface area contributed by atoms with Crippen LogP contribution < -0.4 is 0 Å². The fourth-order valence-electron chi connectivity index (χ4n) is 7.21. The summed E-state index contributed by atoms with van der Waals surface area (Å²) in [6.45, 7) is 0. The summed E-state index contributed by atoms with van der Waals surface area (Å²) in [5, 5.41) is 4.50. The van der Waals surface area contributed by atoms with Crippen LogP contribution >= 0.6 is 0 Å². The van der Waals surface area contributed by atoms with E-state index in [9.17, 15) is 4.79 Å². The lowest BCUT2D eigenvalue weighted by Crippen LogP contribution is -2.50. The zero-order valence-electron chi connectivity index (χ0n) is 18.6. The molecule has 0 amide bonds. The van der Waals surface area contributed by atoms with Gasteiger partial charge in [-0.3, -0.25) is 0 Å². The van der Waals surface area contributed by atoms with Gasteiger partial charge in [0.25, 0.3) is 0 Å². The average molecular weight is 402 g/mol. The molecule has 164 valence electrons. The Morgan fingerprint density at radius 2 is 1.03 bits per heavy atom. The van der Waals surface area contributed by atoms with Crippen LogP contribution in [0.2, 0.25) is 0 Å². The van der Waals surface area contributed by atoms with Gasteiger partial charge in [0.1, 0.15) is 0 Å². The van der Waals surface area contributed by atoms with Gasteiger partial charge >= 0.3 is 5.97 Å². The molecule has 3 nitrogen and oxygen atoms in total. The quantitative estimate of drug-likeness (QED) is 0.353. The molecule has 4 bridgehead atoms. The normalized spacial score (nSPS) is 36.8. The van der Waals surface area contributed by atoms with Crippen molar-refractivity contribution in [2.24, 2.45) is 28.3 Å². The summed E-state index contributed by atoms with van der Waals surface area (Å²) in [7, 11) is 0. The molecule has 5 saturated carbocycles. The summed E-state index contributed by atoms with van der Waals surface area (Å²) >= 11 is 0. The molecule has 5 aliphatic carbocycles. The SMILES string of the molecule is O=C(ON=C1CCCCCCCCCCCCCC1)C12CC3CC(CC(C3)C1)C2. The second kappa shape index (κ2) is 10.4. The monoisotopic (exact) mass is 401 g/mol. The molecule has 0 saturated heterocycles. The van der Waals surface area contributed by atoms with Gasteiger partial charge in [-0.15, -0.1) is 0 Å². The van der Waals surface area contributed by atoms with Crippen molar-refractivity contribution in [3.8, 4) is 0 Å². The van der Waals surface area contributed by atoms with Gasteiger partial charge in [0, 0.05) is 0 Å². The van der Waals surface area contributed by atoms with Crippen LogP contribution in [-0.4, -0.2) is 11.7 Å². The molecule has 0 aromatic rings. The summed E-state index contributed by atoms with van der Waals surface area (Å²) in [6.07, 6.45) is 25.5. The predicted octanol–water partition coefficient (Wildman–Crippen LogP) is 7.58. The molecule has 0 unspecified atom stereocenters. The van der Waals surface area contributed by atoms with Crippen molar-refractivity contribution in [3.05, 3.63) is 0 Å². The Bertz CT molecular complexity index is 514. The van der Waals surface area contributed by atoms with E-state index in [1.165, 1.54) is 96.3 Å². The van der Waals surface area contributed by atoms with Gasteiger partial charge in [-0.2, -0.15) is 0 Å². The predicted molar refractivity (Wildman–Crippen MR) is 119 cm³/mol. The summed E-state index contributed by atoms with van der Waals surface area (Å²) in [4.78, 5) is 18.8. The number of hydrogen-bond acceptors (Lipinski definition) is 3. The summed E-state index contributed by atoms with van der Waals surface area (Å²) in [5.41, 5.74) is 0.969. The molecule has 0 heterocycles. The first-order valence-corrected chi connectivity index (χ1v) is 13.0. The highest BCUT2D eigenvalue weighted by Crippen LogP contribution is 2.60. The van der Waals surface area contributed by atoms with E-state index >= 15 is 0 Å². The Kier molecular flexibility index (Phi) is 7.70. The van der Waals surface area contributed by atoms with E-state index in [4.69, 9.17) is 4.84 Å². The van der Waals surface area contributed by atoms with Gasteiger partial charge in [-0.1, -0.05) is 69.4 Å². The fourth-order valence-corrected chi connectivity index (χ4v) is 7.21. The Morgan fingerprint density at radius 1 is 0.655 bits per heavy atom. The number of oxime groups is 1. The van der Waals surface area contributed by atoms with Gasteiger partial charge in [0.15, 0.2) is 0 Å². The Labute approximate surface area is 178 Å². The molecule has 5 rings (SSSR count). The van der Waals surface area contributed by atoms with Gasteiger partial charge in [-0.05, 0) is 82.0 Å². The number of carbonyl (C=O) groups excluding carboxylic acids is 1. The standard InChI is InChI=1S/C26H43NO2/c28-25(26-18-21-15-22(19-26)17-23(16-21)20-26)29-27-24-13-11-9-7-5-3-1-2-4-6-8-10-12-14-24/h21-23H,1-20H2. The highest BCUT2D eigenvalue weighted by atomic mass is 16.7. The number of nitrogens with zero attached hydrogens (tertiary/aromatic N) is 1. The van der Waals surface area contributed by atoms with E-state index in [0.29, 0.717) is 0 Å². The molecular weight excluding hydrogens is 358 g/mol. The average Bonchev–Trinajstić information content (AvgIpc) is 2.70. The fraction of sp³-hybridized carbons (Fsp3) is 0.923. The van der Waals surface area contributed by atoms with Gasteiger partial charge in [0.2, 0.25) is 0 Å². The van der Waals surface area contributed by atoms with E-state index in [-0.39, 0.29) is 11.4 Å². The first kappa shape index (κ1) is 21.4. The van der Waals surface area contributed by atoms with Gasteiger partial charge < -0.3 is 4.84 Å². The highest BCUT2D eigenvalue weighted by molar-refractivity contribution is 5.85. The topological polar surface area (TPSA) is 38.7 Å². The van der Waals surface area contributed by atoms with E-state index in [2.05, 4.69) is 5.16 Å². The smallest absolute Gasteiger partial charge is 0.318 e. The van der Waals surface area contributed by atoms with Crippen LogP contribution in [0, 0.1) is 23.2 Å². The van der Waals surface area contributed by atoms with E-state index in [0.717, 1.165) is 55.6 Å². The van der Waals surface area contributed by atoms with Crippen molar-refractivity contribution in [3.63, 3.8) is 0 Å². The third-order valence-electron chi connectivity index (χ3n) is 8.41. The molecule has 0 atom stereocenters. The molecule has 0 radical (unpaired) electrons. The van der Waals surface area contributed by atoms with E-state index in [1.807, 2.05) is 0 Å². The summed E-state index contributed by atoms with van der Waals surface area (Å²) < 4.78 is 0. The van der Waals surface area contributed by atoms with Crippen LogP contribution in [0.15, 0.2) is 5.16 Å². The van der Waals surface area contributed by atoms with Crippen LogP contribution in [0.5, 0.6) is 0 Å². The maximum Gasteiger partial charge on any atom is 0.341 e. The molecule has 29 heavy (non-hydrogen) atoms. The van der Waals surface area contributed by atoms with Crippen molar-refractivity contribution in [2.75, 3.05) is 0 Å². The van der Waals surface area contributed by atoms with E-state index in [1.54, 1.807) is 0 Å². The Morgan fingerprint density at radius 3 is 1.45 bits per heavy atom. The second-order valence-corrected chi connectivity index (χ2v) is 11.0. The minimum Gasteiger partial charge on any atom is -0.318 e. The minimum absolute atomic E-state index is 0.0139. The third-order valence-corrected chi connectivity index (χ3v) is 8.41. The summed E-state index contributed by atoms with van der Waals surface area (Å²) in [6, 6.07) is 0. The minimum atomic E-state index is -0.182. The van der Waals surface area contributed by atoms with Crippen LogP contribution in [-0.2, 0) is 9.63 Å². The lowest BCUT2D eigenvalue weighted by molar-refractivity contribution is -0.171. The van der Waals surface area contributed by atoms with Crippen LogP contribution in [0.4, 0.5) is 0 Å².